The Morgan fingerprint density at radius 2 is 1.35 bits per heavy atom. The van der Waals surface area contributed by atoms with E-state index in [2.05, 4.69) is 162 Å². The fraction of sp³-hybridized carbons (Fsp3) is 0.0455. The molecule has 216 valence electrons. The summed E-state index contributed by atoms with van der Waals surface area (Å²) in [6.07, 6.45) is 8.27. The normalized spacial score (nSPS) is 15.5. The third kappa shape index (κ3) is 3.84. The fourth-order valence-electron chi connectivity index (χ4n) is 7.81. The van der Waals surface area contributed by atoms with Gasteiger partial charge in [-0.05, 0) is 92.9 Å². The molecule has 0 fully saturated rings. The van der Waals surface area contributed by atoms with E-state index in [1.165, 1.54) is 86.7 Å². The van der Waals surface area contributed by atoms with Crippen LogP contribution < -0.4 is 0 Å². The lowest BCUT2D eigenvalue weighted by atomic mass is 9.84. The highest BCUT2D eigenvalue weighted by Gasteiger charge is 2.23. The number of hydrogen-bond donors (Lipinski definition) is 0. The molecule has 8 aromatic rings. The molecule has 1 aromatic heterocycles. The van der Waals surface area contributed by atoms with Crippen molar-refractivity contribution in [3.05, 3.63) is 169 Å². The summed E-state index contributed by atoms with van der Waals surface area (Å²) in [5.41, 5.74) is 10.4. The number of fused-ring (bicyclic) bond motifs is 6. The van der Waals surface area contributed by atoms with Crippen LogP contribution in [0.5, 0.6) is 0 Å². The SMILES string of the molecule is C1=CC(c2ccc3c(c2)-c2cccc4cccc(c24)S3)CC=C1c1c2ccccc2cc2c1c1ccccc1n2-c1ccccc1. The second-order valence-electron chi connectivity index (χ2n) is 12.4. The van der Waals surface area contributed by atoms with E-state index in [0.29, 0.717) is 5.92 Å². The van der Waals surface area contributed by atoms with Gasteiger partial charge in [-0.3, -0.25) is 0 Å². The molecule has 0 spiro atoms. The molecule has 1 unspecified atom stereocenters. The summed E-state index contributed by atoms with van der Waals surface area (Å²) in [6, 6.07) is 51.4. The van der Waals surface area contributed by atoms with Crippen molar-refractivity contribution in [2.75, 3.05) is 0 Å². The maximum absolute atomic E-state index is 2.48. The monoisotopic (exact) mass is 603 g/mol. The van der Waals surface area contributed by atoms with Gasteiger partial charge in [0, 0.05) is 37.6 Å². The van der Waals surface area contributed by atoms with Crippen LogP contribution in [0.15, 0.2) is 168 Å². The van der Waals surface area contributed by atoms with Gasteiger partial charge in [0.2, 0.25) is 0 Å². The predicted octanol–water partition coefficient (Wildman–Crippen LogP) is 12.3. The Morgan fingerprint density at radius 3 is 2.22 bits per heavy atom. The summed E-state index contributed by atoms with van der Waals surface area (Å²) in [4.78, 5) is 2.70. The first-order chi connectivity index (χ1) is 22.8. The van der Waals surface area contributed by atoms with Gasteiger partial charge in [0.15, 0.2) is 0 Å². The summed E-state index contributed by atoms with van der Waals surface area (Å²) < 4.78 is 2.43. The molecule has 1 nitrogen and oxygen atoms in total. The van der Waals surface area contributed by atoms with E-state index < -0.39 is 0 Å². The molecule has 7 aromatic carbocycles. The number of benzene rings is 7. The Kier molecular flexibility index (Phi) is 5.70. The van der Waals surface area contributed by atoms with Gasteiger partial charge in [-0.1, -0.05) is 127 Å². The Labute approximate surface area is 272 Å². The van der Waals surface area contributed by atoms with Crippen LogP contribution in [0.1, 0.15) is 23.5 Å². The van der Waals surface area contributed by atoms with E-state index >= 15 is 0 Å². The molecule has 0 bridgehead atoms. The van der Waals surface area contributed by atoms with E-state index in [9.17, 15) is 0 Å². The van der Waals surface area contributed by atoms with Gasteiger partial charge >= 0.3 is 0 Å². The van der Waals surface area contributed by atoms with Crippen LogP contribution >= 0.6 is 11.8 Å². The average molecular weight is 604 g/mol. The second kappa shape index (κ2) is 10.1. The Hall–Kier alpha value is -5.31. The van der Waals surface area contributed by atoms with Crippen molar-refractivity contribution in [2.24, 2.45) is 0 Å². The lowest BCUT2D eigenvalue weighted by Crippen LogP contribution is -2.01. The van der Waals surface area contributed by atoms with E-state index in [-0.39, 0.29) is 0 Å². The zero-order valence-electron chi connectivity index (χ0n) is 25.2. The third-order valence-corrected chi connectivity index (χ3v) is 11.0. The van der Waals surface area contributed by atoms with Crippen LogP contribution in [-0.2, 0) is 0 Å². The van der Waals surface area contributed by atoms with Crippen molar-refractivity contribution in [3.8, 4) is 16.8 Å². The first-order valence-corrected chi connectivity index (χ1v) is 16.9. The molecule has 2 aliphatic rings. The summed E-state index contributed by atoms with van der Waals surface area (Å²) in [5.74, 6) is 0.339. The molecular formula is C44H29NS. The van der Waals surface area contributed by atoms with Crippen molar-refractivity contribution in [1.29, 1.82) is 0 Å². The Balaban J connectivity index is 1.11. The van der Waals surface area contributed by atoms with Crippen molar-refractivity contribution < 1.29 is 0 Å². The second-order valence-corrected chi connectivity index (χ2v) is 13.5. The van der Waals surface area contributed by atoms with E-state index in [1.807, 2.05) is 11.8 Å². The molecule has 2 heterocycles. The van der Waals surface area contributed by atoms with E-state index in [1.54, 1.807) is 0 Å². The molecule has 1 aliphatic carbocycles. The highest BCUT2D eigenvalue weighted by Crippen LogP contribution is 2.49. The molecule has 1 aliphatic heterocycles. The number of aromatic nitrogens is 1. The Bertz CT molecular complexity index is 2580. The largest absolute Gasteiger partial charge is 0.309 e. The number of rotatable bonds is 3. The van der Waals surface area contributed by atoms with Gasteiger partial charge in [-0.15, -0.1) is 0 Å². The molecular weight excluding hydrogens is 575 g/mol. The number of hydrogen-bond acceptors (Lipinski definition) is 1. The van der Waals surface area contributed by atoms with Crippen molar-refractivity contribution in [3.63, 3.8) is 0 Å². The quantitative estimate of drug-likeness (QED) is 0.194. The summed E-state index contributed by atoms with van der Waals surface area (Å²) >= 11 is 1.90. The van der Waals surface area contributed by atoms with Crippen LogP contribution in [0.25, 0.3) is 65.7 Å². The Morgan fingerprint density at radius 1 is 0.565 bits per heavy atom. The first-order valence-electron chi connectivity index (χ1n) is 16.0. The van der Waals surface area contributed by atoms with Crippen LogP contribution in [0.4, 0.5) is 0 Å². The van der Waals surface area contributed by atoms with Crippen LogP contribution in [0.2, 0.25) is 0 Å². The van der Waals surface area contributed by atoms with E-state index in [4.69, 9.17) is 0 Å². The molecule has 0 saturated heterocycles. The smallest absolute Gasteiger partial charge is 0.0553 e. The number of nitrogens with zero attached hydrogens (tertiary/aromatic N) is 1. The zero-order valence-corrected chi connectivity index (χ0v) is 26.0. The minimum absolute atomic E-state index is 0.339. The van der Waals surface area contributed by atoms with Crippen molar-refractivity contribution in [2.45, 2.75) is 22.1 Å². The average Bonchev–Trinajstić information content (AvgIpc) is 3.45. The molecule has 0 radical (unpaired) electrons. The van der Waals surface area contributed by atoms with Gasteiger partial charge in [0.25, 0.3) is 0 Å². The highest BCUT2D eigenvalue weighted by molar-refractivity contribution is 7.99. The molecule has 0 saturated carbocycles. The number of para-hydroxylation sites is 2. The van der Waals surface area contributed by atoms with Gasteiger partial charge in [0.1, 0.15) is 0 Å². The molecule has 10 rings (SSSR count). The fourth-order valence-corrected chi connectivity index (χ4v) is 8.94. The maximum Gasteiger partial charge on any atom is 0.0553 e. The van der Waals surface area contributed by atoms with Gasteiger partial charge in [-0.2, -0.15) is 0 Å². The van der Waals surface area contributed by atoms with Gasteiger partial charge in [-0.25, -0.2) is 0 Å². The highest BCUT2D eigenvalue weighted by atomic mass is 32.2. The van der Waals surface area contributed by atoms with Gasteiger partial charge in [0.05, 0.1) is 11.0 Å². The van der Waals surface area contributed by atoms with Crippen molar-refractivity contribution >= 4 is 60.7 Å². The minimum atomic E-state index is 0.339. The summed E-state index contributed by atoms with van der Waals surface area (Å²) in [6.45, 7) is 0. The topological polar surface area (TPSA) is 4.93 Å². The van der Waals surface area contributed by atoms with Crippen LogP contribution in [0, 0.1) is 0 Å². The molecule has 2 heteroatoms. The van der Waals surface area contributed by atoms with E-state index in [0.717, 1.165) is 6.42 Å². The minimum Gasteiger partial charge on any atom is -0.309 e. The predicted molar refractivity (Wildman–Crippen MR) is 196 cm³/mol. The van der Waals surface area contributed by atoms with Crippen molar-refractivity contribution in [1.82, 2.24) is 4.57 Å². The maximum atomic E-state index is 2.48. The van der Waals surface area contributed by atoms with Gasteiger partial charge < -0.3 is 4.57 Å². The number of allylic oxidation sites excluding steroid dienone is 4. The summed E-state index contributed by atoms with van der Waals surface area (Å²) in [7, 11) is 0. The third-order valence-electron chi connectivity index (χ3n) is 9.89. The van der Waals surface area contributed by atoms with Crippen LogP contribution in [-0.4, -0.2) is 4.57 Å². The van der Waals surface area contributed by atoms with Crippen LogP contribution in [0.3, 0.4) is 0 Å². The zero-order chi connectivity index (χ0) is 30.2. The molecule has 1 atom stereocenters. The lowest BCUT2D eigenvalue weighted by molar-refractivity contribution is 0.856. The molecule has 0 amide bonds. The molecule has 0 N–H and O–H groups in total. The molecule has 46 heavy (non-hydrogen) atoms. The lowest BCUT2D eigenvalue weighted by Gasteiger charge is -2.23. The summed E-state index contributed by atoms with van der Waals surface area (Å²) in [5, 5.41) is 7.89. The standard InChI is InChI=1S/C44H29NS/c1-2-13-33(14-3-1)45-38-18-7-6-16-36(38)44-39(45)27-32-10-4-5-15-34(32)43(44)30-22-20-28(21-23-30)31-24-25-40-37(26-31)35-17-8-11-29-12-9-19-41(46-40)42(29)35/h1-20,22-28H,21H2. The first kappa shape index (κ1) is 26.0.